The fourth-order valence-electron chi connectivity index (χ4n) is 6.99. The van der Waals surface area contributed by atoms with Gasteiger partial charge in [-0.05, 0) is 94.8 Å². The van der Waals surface area contributed by atoms with E-state index in [1.54, 1.807) is 28.4 Å². The molecule has 0 saturated carbocycles. The molecule has 0 unspecified atom stereocenters. The predicted octanol–water partition coefficient (Wildman–Crippen LogP) is 9.18. The van der Waals surface area contributed by atoms with Gasteiger partial charge in [0.15, 0.2) is 0 Å². The van der Waals surface area contributed by atoms with Crippen molar-refractivity contribution in [1.82, 2.24) is 0 Å². The summed E-state index contributed by atoms with van der Waals surface area (Å²) >= 11 is 0. The number of aliphatic hydroxyl groups excluding tert-OH is 1. The van der Waals surface area contributed by atoms with Gasteiger partial charge in [0, 0.05) is 0 Å². The number of rotatable bonds is 18. The van der Waals surface area contributed by atoms with Gasteiger partial charge >= 0.3 is 0 Å². The van der Waals surface area contributed by atoms with E-state index in [4.69, 9.17) is 28.4 Å². The van der Waals surface area contributed by atoms with Gasteiger partial charge in [-0.3, -0.25) is 0 Å². The van der Waals surface area contributed by atoms with Gasteiger partial charge in [0.25, 0.3) is 0 Å². The highest BCUT2D eigenvalue weighted by Crippen LogP contribution is 2.43. The maximum atomic E-state index is 11.5. The minimum absolute atomic E-state index is 0.273. The highest BCUT2D eigenvalue weighted by atomic mass is 16.5. The summed E-state index contributed by atoms with van der Waals surface area (Å²) < 4.78 is 36.0. The quantitative estimate of drug-likeness (QED) is 0.0887. The van der Waals surface area contributed by atoms with Crippen LogP contribution in [0.4, 0.5) is 0 Å². The lowest BCUT2D eigenvalue weighted by Gasteiger charge is -2.37. The molecule has 6 aromatic carbocycles. The average Bonchev–Trinajstić information content (AvgIpc) is 3.25. The van der Waals surface area contributed by atoms with Crippen molar-refractivity contribution in [2.75, 3.05) is 41.7 Å². The normalized spacial score (nSPS) is 11.7. The fourth-order valence-corrected chi connectivity index (χ4v) is 6.99. The number of ether oxygens (including phenoxy) is 6. The molecule has 0 spiro atoms. The monoisotopic (exact) mass is 724 g/mol. The lowest BCUT2D eigenvalue weighted by Crippen LogP contribution is -2.35. The van der Waals surface area contributed by atoms with E-state index in [0.717, 1.165) is 56.4 Å². The van der Waals surface area contributed by atoms with Gasteiger partial charge in [0.2, 0.25) is 0 Å². The Morgan fingerprint density at radius 3 is 0.852 bits per heavy atom. The molecule has 0 amide bonds. The number of benzene rings is 6. The van der Waals surface area contributed by atoms with Gasteiger partial charge in [-0.25, -0.2) is 0 Å². The molecule has 1 N–H and O–H groups in total. The number of hydrogen-bond acceptors (Lipinski definition) is 7. The van der Waals surface area contributed by atoms with Crippen LogP contribution < -0.4 is 18.9 Å². The van der Waals surface area contributed by atoms with Crippen molar-refractivity contribution >= 4 is 0 Å². The van der Waals surface area contributed by atoms with Crippen LogP contribution >= 0.6 is 0 Å². The van der Waals surface area contributed by atoms with Crippen LogP contribution in [0, 0.1) is 0 Å². The summed E-state index contributed by atoms with van der Waals surface area (Å²) in [6, 6.07) is 52.1. The average molecular weight is 725 g/mol. The standard InChI is InChI=1S/C47H48O7/c1-49-42-23-15-37(16-24-42)46(35-11-7-5-8-12-35,38-17-25-43(50-2)26-18-38)53-33-31-41(48)32-34-54-47(36-13-9-6-10-14-36,39-19-27-44(51-3)28-20-39)40-21-29-45(52-4)30-22-40/h5-30,41,48H,31-34H2,1-4H3. The predicted molar refractivity (Wildman–Crippen MR) is 212 cm³/mol. The van der Waals surface area contributed by atoms with Crippen LogP contribution in [0.3, 0.4) is 0 Å². The number of methoxy groups -OCH3 is 4. The Kier molecular flexibility index (Phi) is 12.7. The van der Waals surface area contributed by atoms with E-state index in [9.17, 15) is 5.11 Å². The number of hydrogen-bond donors (Lipinski definition) is 1. The van der Waals surface area contributed by atoms with Crippen molar-refractivity contribution in [2.45, 2.75) is 30.1 Å². The van der Waals surface area contributed by atoms with Gasteiger partial charge in [-0.1, -0.05) is 109 Å². The molecule has 0 heterocycles. The van der Waals surface area contributed by atoms with Gasteiger partial charge in [0.1, 0.15) is 34.2 Å². The molecule has 0 aliphatic rings. The van der Waals surface area contributed by atoms with Gasteiger partial charge in [-0.15, -0.1) is 0 Å². The Labute approximate surface area is 318 Å². The molecule has 0 saturated heterocycles. The van der Waals surface area contributed by atoms with Crippen LogP contribution in [0.5, 0.6) is 23.0 Å². The Hall–Kier alpha value is -5.60. The first kappa shape index (κ1) is 38.1. The SMILES string of the molecule is COc1ccc(C(OCCC(O)CCOC(c2ccccc2)(c2ccc(OC)cc2)c2ccc(OC)cc2)(c2ccccc2)c2ccc(OC)cc2)cc1. The molecule has 0 fully saturated rings. The largest absolute Gasteiger partial charge is 0.497 e. The first-order valence-corrected chi connectivity index (χ1v) is 18.1. The molecule has 6 aromatic rings. The summed E-state index contributed by atoms with van der Waals surface area (Å²) in [5.41, 5.74) is 3.72. The van der Waals surface area contributed by atoms with E-state index in [-0.39, 0.29) is 13.2 Å². The van der Waals surface area contributed by atoms with Crippen LogP contribution in [0.2, 0.25) is 0 Å². The van der Waals surface area contributed by atoms with Gasteiger partial charge in [-0.2, -0.15) is 0 Å². The van der Waals surface area contributed by atoms with Crippen LogP contribution in [0.25, 0.3) is 0 Å². The fraction of sp³-hybridized carbons (Fsp3) is 0.234. The van der Waals surface area contributed by atoms with Gasteiger partial charge in [0.05, 0.1) is 47.8 Å². The zero-order chi connectivity index (χ0) is 37.8. The van der Waals surface area contributed by atoms with Crippen molar-refractivity contribution < 1.29 is 33.5 Å². The maximum Gasteiger partial charge on any atom is 0.143 e. The Morgan fingerprint density at radius 2 is 0.611 bits per heavy atom. The molecule has 7 heteroatoms. The van der Waals surface area contributed by atoms with E-state index < -0.39 is 17.3 Å². The van der Waals surface area contributed by atoms with Crippen LogP contribution in [0.15, 0.2) is 158 Å². The molecule has 0 bridgehead atoms. The molecular weight excluding hydrogens is 677 g/mol. The molecular formula is C47H48O7. The van der Waals surface area contributed by atoms with E-state index in [2.05, 4.69) is 24.3 Å². The molecule has 0 radical (unpaired) electrons. The number of aliphatic hydroxyl groups is 1. The zero-order valence-electron chi connectivity index (χ0n) is 31.3. The van der Waals surface area contributed by atoms with Crippen molar-refractivity contribution in [3.05, 3.63) is 191 Å². The summed E-state index contributed by atoms with van der Waals surface area (Å²) in [4.78, 5) is 0. The highest BCUT2D eigenvalue weighted by Gasteiger charge is 2.39. The first-order valence-electron chi connectivity index (χ1n) is 18.1. The van der Waals surface area contributed by atoms with E-state index in [1.165, 1.54) is 0 Å². The Balaban J connectivity index is 1.27. The van der Waals surface area contributed by atoms with Crippen LogP contribution in [-0.4, -0.2) is 52.9 Å². The summed E-state index contributed by atoms with van der Waals surface area (Å²) in [7, 11) is 6.62. The molecule has 0 atom stereocenters. The zero-order valence-corrected chi connectivity index (χ0v) is 31.3. The van der Waals surface area contributed by atoms with Gasteiger partial charge < -0.3 is 33.5 Å². The lowest BCUT2D eigenvalue weighted by atomic mass is 9.80. The summed E-state index contributed by atoms with van der Waals surface area (Å²) in [5.74, 6) is 3.01. The topological polar surface area (TPSA) is 75.6 Å². The molecule has 7 nitrogen and oxygen atoms in total. The third-order valence-corrected chi connectivity index (χ3v) is 9.89. The van der Waals surface area contributed by atoms with E-state index >= 15 is 0 Å². The molecule has 6 rings (SSSR count). The minimum Gasteiger partial charge on any atom is -0.497 e. The third kappa shape index (κ3) is 8.14. The highest BCUT2D eigenvalue weighted by molar-refractivity contribution is 5.51. The molecule has 0 aromatic heterocycles. The Bertz CT molecular complexity index is 1750. The molecule has 0 aliphatic carbocycles. The van der Waals surface area contributed by atoms with Crippen molar-refractivity contribution in [2.24, 2.45) is 0 Å². The summed E-state index contributed by atoms with van der Waals surface area (Å²) in [6.07, 6.45) is 0.0619. The minimum atomic E-state index is -0.971. The van der Waals surface area contributed by atoms with Crippen LogP contribution in [0.1, 0.15) is 46.2 Å². The van der Waals surface area contributed by atoms with Crippen molar-refractivity contribution in [3.8, 4) is 23.0 Å². The molecule has 278 valence electrons. The van der Waals surface area contributed by atoms with Crippen LogP contribution in [-0.2, 0) is 20.7 Å². The lowest BCUT2D eigenvalue weighted by molar-refractivity contribution is -0.0259. The Morgan fingerprint density at radius 1 is 0.370 bits per heavy atom. The maximum absolute atomic E-state index is 11.5. The molecule has 54 heavy (non-hydrogen) atoms. The summed E-state index contributed by atoms with van der Waals surface area (Å²) in [5, 5.41) is 11.5. The second-order valence-corrected chi connectivity index (χ2v) is 12.9. The molecule has 0 aliphatic heterocycles. The van der Waals surface area contributed by atoms with Crippen molar-refractivity contribution in [1.29, 1.82) is 0 Å². The third-order valence-electron chi connectivity index (χ3n) is 9.89. The van der Waals surface area contributed by atoms with E-state index in [1.807, 2.05) is 133 Å². The smallest absolute Gasteiger partial charge is 0.143 e. The van der Waals surface area contributed by atoms with E-state index in [0.29, 0.717) is 12.8 Å². The first-order chi connectivity index (χ1) is 26.5. The summed E-state index contributed by atoms with van der Waals surface area (Å²) in [6.45, 7) is 0.545. The second-order valence-electron chi connectivity index (χ2n) is 12.9. The second kappa shape index (κ2) is 18.0. The van der Waals surface area contributed by atoms with Crippen molar-refractivity contribution in [3.63, 3.8) is 0 Å².